The molecule has 1 aliphatic heterocycles. The summed E-state index contributed by atoms with van der Waals surface area (Å²) in [5.41, 5.74) is 1.32. The number of nitrogens with zero attached hydrogens (tertiary/aromatic N) is 3. The topological polar surface area (TPSA) is 75.4 Å². The van der Waals surface area contributed by atoms with Crippen LogP contribution >= 0.6 is 0 Å². The number of aromatic nitrogens is 2. The van der Waals surface area contributed by atoms with Gasteiger partial charge in [0.25, 0.3) is 5.91 Å². The van der Waals surface area contributed by atoms with Crippen molar-refractivity contribution in [3.05, 3.63) is 48.5 Å². The van der Waals surface area contributed by atoms with Gasteiger partial charge in [-0.25, -0.2) is 9.78 Å². The quantitative estimate of drug-likeness (QED) is 0.928. The highest BCUT2D eigenvalue weighted by molar-refractivity contribution is 5.97. The third kappa shape index (κ3) is 2.52. The van der Waals surface area contributed by atoms with Gasteiger partial charge >= 0.3 is 5.97 Å². The van der Waals surface area contributed by atoms with Crippen molar-refractivity contribution >= 4 is 11.9 Å². The molecule has 2 heterocycles. The number of imidazole rings is 1. The summed E-state index contributed by atoms with van der Waals surface area (Å²) >= 11 is 0. The fraction of sp³-hybridized carbons (Fsp3) is 0.267. The lowest BCUT2D eigenvalue weighted by Gasteiger charge is -2.21. The van der Waals surface area contributed by atoms with Crippen LogP contribution in [0.1, 0.15) is 23.2 Å². The van der Waals surface area contributed by atoms with Gasteiger partial charge in [-0.2, -0.15) is 0 Å². The molecule has 1 saturated heterocycles. The average Bonchev–Trinajstić information content (AvgIpc) is 3.17. The van der Waals surface area contributed by atoms with Crippen LogP contribution in [0.25, 0.3) is 5.69 Å². The number of hydrogen-bond acceptors (Lipinski definition) is 3. The average molecular weight is 285 g/mol. The molecule has 0 saturated carbocycles. The highest BCUT2D eigenvalue weighted by atomic mass is 16.4. The number of hydrogen-bond donors (Lipinski definition) is 1. The Labute approximate surface area is 121 Å². The van der Waals surface area contributed by atoms with E-state index in [9.17, 15) is 14.7 Å². The Hall–Kier alpha value is -2.63. The second-order valence-corrected chi connectivity index (χ2v) is 5.02. The SMILES string of the molecule is O=C(O)C1CCCN1C(=O)c1cccc(-n2ccnc2)c1. The van der Waals surface area contributed by atoms with Crippen molar-refractivity contribution in [2.75, 3.05) is 6.54 Å². The van der Waals surface area contributed by atoms with E-state index in [2.05, 4.69) is 4.98 Å². The molecule has 0 spiro atoms. The number of likely N-dealkylation sites (tertiary alicyclic amines) is 1. The second kappa shape index (κ2) is 5.40. The van der Waals surface area contributed by atoms with E-state index in [1.54, 1.807) is 41.5 Å². The van der Waals surface area contributed by atoms with Gasteiger partial charge < -0.3 is 14.6 Å². The minimum Gasteiger partial charge on any atom is -0.480 e. The summed E-state index contributed by atoms with van der Waals surface area (Å²) in [4.78, 5) is 29.1. The molecule has 0 radical (unpaired) electrons. The molecule has 1 N–H and O–H groups in total. The molecular weight excluding hydrogens is 270 g/mol. The van der Waals surface area contributed by atoms with Gasteiger partial charge in [-0.3, -0.25) is 4.79 Å². The minimum absolute atomic E-state index is 0.234. The highest BCUT2D eigenvalue weighted by Gasteiger charge is 2.34. The normalized spacial score (nSPS) is 17.9. The first-order chi connectivity index (χ1) is 10.2. The fourth-order valence-corrected chi connectivity index (χ4v) is 2.64. The molecular formula is C15H15N3O3. The molecule has 1 unspecified atom stereocenters. The largest absolute Gasteiger partial charge is 0.480 e. The molecule has 21 heavy (non-hydrogen) atoms. The highest BCUT2D eigenvalue weighted by Crippen LogP contribution is 2.21. The Bertz CT molecular complexity index is 667. The van der Waals surface area contributed by atoms with E-state index in [1.165, 1.54) is 4.90 Å². The predicted molar refractivity (Wildman–Crippen MR) is 75.3 cm³/mol. The third-order valence-electron chi connectivity index (χ3n) is 3.69. The lowest BCUT2D eigenvalue weighted by Crippen LogP contribution is -2.40. The van der Waals surface area contributed by atoms with Crippen LogP contribution in [0.3, 0.4) is 0 Å². The molecule has 0 bridgehead atoms. The van der Waals surface area contributed by atoms with Crippen LogP contribution in [0.15, 0.2) is 43.0 Å². The summed E-state index contributed by atoms with van der Waals surface area (Å²) in [7, 11) is 0. The molecule has 108 valence electrons. The number of aliphatic carboxylic acids is 1. The summed E-state index contributed by atoms with van der Waals surface area (Å²) in [6.07, 6.45) is 6.35. The molecule has 6 nitrogen and oxygen atoms in total. The Balaban J connectivity index is 1.88. The van der Waals surface area contributed by atoms with Gasteiger partial charge in [0.1, 0.15) is 6.04 Å². The Kier molecular flexibility index (Phi) is 3.43. The van der Waals surface area contributed by atoms with Gasteiger partial charge in [-0.15, -0.1) is 0 Å². The summed E-state index contributed by atoms with van der Waals surface area (Å²) in [5.74, 6) is -1.17. The molecule has 0 aliphatic carbocycles. The van der Waals surface area contributed by atoms with E-state index in [4.69, 9.17) is 0 Å². The van der Waals surface area contributed by atoms with Crippen molar-refractivity contribution < 1.29 is 14.7 Å². The lowest BCUT2D eigenvalue weighted by atomic mass is 10.1. The Morgan fingerprint density at radius 3 is 2.90 bits per heavy atom. The maximum absolute atomic E-state index is 12.5. The lowest BCUT2D eigenvalue weighted by molar-refractivity contribution is -0.141. The summed E-state index contributed by atoms with van der Waals surface area (Å²) < 4.78 is 1.80. The van der Waals surface area contributed by atoms with E-state index < -0.39 is 12.0 Å². The molecule has 1 amide bonds. The molecule has 1 aromatic heterocycles. The van der Waals surface area contributed by atoms with E-state index in [-0.39, 0.29) is 5.91 Å². The smallest absolute Gasteiger partial charge is 0.326 e. The molecule has 3 rings (SSSR count). The maximum atomic E-state index is 12.5. The van der Waals surface area contributed by atoms with Crippen LogP contribution in [0.2, 0.25) is 0 Å². The maximum Gasteiger partial charge on any atom is 0.326 e. The van der Waals surface area contributed by atoms with Gasteiger partial charge in [-0.05, 0) is 31.0 Å². The Morgan fingerprint density at radius 2 is 2.19 bits per heavy atom. The zero-order valence-electron chi connectivity index (χ0n) is 11.3. The molecule has 6 heteroatoms. The van der Waals surface area contributed by atoms with Crippen molar-refractivity contribution in [1.29, 1.82) is 0 Å². The zero-order chi connectivity index (χ0) is 14.8. The van der Waals surface area contributed by atoms with E-state index in [1.807, 2.05) is 6.07 Å². The van der Waals surface area contributed by atoms with Crippen LogP contribution < -0.4 is 0 Å². The van der Waals surface area contributed by atoms with Gasteiger partial charge in [-0.1, -0.05) is 6.07 Å². The number of carbonyl (C=O) groups is 2. The van der Waals surface area contributed by atoms with Gasteiger partial charge in [0.05, 0.1) is 6.33 Å². The molecule has 1 aromatic carbocycles. The van der Waals surface area contributed by atoms with E-state index in [0.717, 1.165) is 12.1 Å². The standard InChI is InChI=1S/C15H15N3O3/c19-14(18-7-2-5-13(18)15(20)21)11-3-1-4-12(9-11)17-8-6-16-10-17/h1,3-4,6,8-10,13H,2,5,7H2,(H,20,21). The van der Waals surface area contributed by atoms with Crippen LogP contribution in [-0.4, -0.2) is 44.0 Å². The van der Waals surface area contributed by atoms with Crippen LogP contribution in [-0.2, 0) is 4.79 Å². The zero-order valence-corrected chi connectivity index (χ0v) is 11.3. The van der Waals surface area contributed by atoms with E-state index >= 15 is 0 Å². The minimum atomic E-state index is -0.938. The van der Waals surface area contributed by atoms with Crippen LogP contribution in [0, 0.1) is 0 Å². The first-order valence-corrected chi connectivity index (χ1v) is 6.79. The second-order valence-electron chi connectivity index (χ2n) is 5.02. The number of carboxylic acids is 1. The van der Waals surface area contributed by atoms with Crippen molar-refractivity contribution in [3.8, 4) is 5.69 Å². The van der Waals surface area contributed by atoms with Crippen LogP contribution in [0.5, 0.6) is 0 Å². The van der Waals surface area contributed by atoms with Crippen molar-refractivity contribution in [3.63, 3.8) is 0 Å². The van der Waals surface area contributed by atoms with Gasteiger partial charge in [0, 0.05) is 30.2 Å². The predicted octanol–water partition coefficient (Wildman–Crippen LogP) is 1.56. The van der Waals surface area contributed by atoms with Crippen LogP contribution in [0.4, 0.5) is 0 Å². The molecule has 2 aromatic rings. The monoisotopic (exact) mass is 285 g/mol. The number of amides is 1. The van der Waals surface area contributed by atoms with Crippen molar-refractivity contribution in [2.45, 2.75) is 18.9 Å². The van der Waals surface area contributed by atoms with E-state index in [0.29, 0.717) is 18.5 Å². The summed E-state index contributed by atoms with van der Waals surface area (Å²) in [5, 5.41) is 9.18. The molecule has 1 fully saturated rings. The number of carboxylic acid groups (broad SMARTS) is 1. The van der Waals surface area contributed by atoms with Gasteiger partial charge in [0.15, 0.2) is 0 Å². The number of rotatable bonds is 3. The third-order valence-corrected chi connectivity index (χ3v) is 3.69. The molecule has 1 aliphatic rings. The summed E-state index contributed by atoms with van der Waals surface area (Å²) in [6, 6.07) is 6.40. The molecule has 1 atom stereocenters. The first-order valence-electron chi connectivity index (χ1n) is 6.79. The number of carbonyl (C=O) groups excluding carboxylic acids is 1. The number of benzene rings is 1. The Morgan fingerprint density at radius 1 is 1.33 bits per heavy atom. The van der Waals surface area contributed by atoms with Gasteiger partial charge in [0.2, 0.25) is 0 Å². The summed E-state index contributed by atoms with van der Waals surface area (Å²) in [6.45, 7) is 0.491. The first kappa shape index (κ1) is 13.4. The van der Waals surface area contributed by atoms with Crippen molar-refractivity contribution in [2.24, 2.45) is 0 Å². The van der Waals surface area contributed by atoms with Crippen molar-refractivity contribution in [1.82, 2.24) is 14.5 Å². The fourth-order valence-electron chi connectivity index (χ4n) is 2.64.